The summed E-state index contributed by atoms with van der Waals surface area (Å²) in [7, 11) is -1.29. The Morgan fingerprint density at radius 2 is 1.70 bits per heavy atom. The molecule has 0 aliphatic heterocycles. The molecule has 0 fully saturated rings. The van der Waals surface area contributed by atoms with E-state index < -0.39 is 28.1 Å². The van der Waals surface area contributed by atoms with Crippen LogP contribution in [0.4, 0.5) is 23.7 Å². The van der Waals surface area contributed by atoms with Gasteiger partial charge < -0.3 is 14.0 Å². The predicted molar refractivity (Wildman–Crippen MR) is 152 cm³/mol. The normalized spacial score (nSPS) is 11.0. The summed E-state index contributed by atoms with van der Waals surface area (Å²) in [6.45, 7) is 5.74. The molecule has 0 aliphatic carbocycles. The lowest BCUT2D eigenvalue weighted by Gasteiger charge is -2.22. The number of aromatic nitrogens is 1. The average molecular weight is 619 g/mol. The van der Waals surface area contributed by atoms with Crippen LogP contribution in [0.15, 0.2) is 76.1 Å². The zero-order chi connectivity index (χ0) is 31.9. The Labute approximate surface area is 246 Å². The monoisotopic (exact) mass is 618 g/mol. The molecule has 0 N–H and O–H groups in total. The number of rotatable bonds is 9. The van der Waals surface area contributed by atoms with Gasteiger partial charge in [-0.1, -0.05) is 37.2 Å². The summed E-state index contributed by atoms with van der Waals surface area (Å²) >= 11 is 0. The lowest BCUT2D eigenvalue weighted by Crippen LogP contribution is -2.27. The maximum Gasteiger partial charge on any atom is 0.483 e. The van der Waals surface area contributed by atoms with Gasteiger partial charge in [-0.25, -0.2) is 22.4 Å². The molecular weight excluding hydrogens is 589 g/mol. The van der Waals surface area contributed by atoms with Gasteiger partial charge in [0.1, 0.15) is 29.6 Å². The van der Waals surface area contributed by atoms with Crippen molar-refractivity contribution in [3.8, 4) is 17.0 Å². The molecule has 0 aliphatic rings. The fourth-order valence-corrected chi connectivity index (χ4v) is 5.50. The second kappa shape index (κ2) is 14.0. The van der Waals surface area contributed by atoms with Crippen molar-refractivity contribution in [3.63, 3.8) is 0 Å². The van der Waals surface area contributed by atoms with Crippen LogP contribution >= 0.6 is 0 Å². The molecular formula is C30H29F3N2O7S. The van der Waals surface area contributed by atoms with Crippen LogP contribution in [0, 0.1) is 12.7 Å². The third kappa shape index (κ3) is 7.80. The van der Waals surface area contributed by atoms with Gasteiger partial charge in [0.25, 0.3) is 10.0 Å². The highest BCUT2D eigenvalue weighted by Crippen LogP contribution is 2.33. The van der Waals surface area contributed by atoms with Crippen molar-refractivity contribution in [2.24, 2.45) is 0 Å². The molecule has 0 saturated heterocycles. The standard InChI is InChI=1S/C29H29FN2O6S.CF2O/c1-18(2)28-24(27(31-38-28)23-11-6-7-12-25(23)30)17-37-21-13-14-26(19(3)15-21)32(4)39(34,35)22-10-8-9-20(16-22)29(33)36-5;2-1(3)4/h6-16,18H,17H2,1-5H3;. The highest BCUT2D eigenvalue weighted by molar-refractivity contribution is 7.92. The predicted octanol–water partition coefficient (Wildman–Crippen LogP) is 7.15. The van der Waals surface area contributed by atoms with E-state index in [9.17, 15) is 26.4 Å². The molecule has 0 unspecified atom stereocenters. The quantitative estimate of drug-likeness (QED) is 0.143. The van der Waals surface area contributed by atoms with E-state index in [4.69, 9.17) is 18.8 Å². The van der Waals surface area contributed by atoms with Crippen molar-refractivity contribution in [2.75, 3.05) is 18.5 Å². The summed E-state index contributed by atoms with van der Waals surface area (Å²) in [5.74, 6) is 0.0481. The summed E-state index contributed by atoms with van der Waals surface area (Å²) in [6, 6.07) is 17.0. The topological polar surface area (TPSA) is 116 Å². The Morgan fingerprint density at radius 1 is 1.02 bits per heavy atom. The van der Waals surface area contributed by atoms with Crippen molar-refractivity contribution in [1.29, 1.82) is 0 Å². The molecule has 0 bridgehead atoms. The Bertz CT molecular complexity index is 1720. The van der Waals surface area contributed by atoms with Gasteiger partial charge in [-0.3, -0.25) is 4.31 Å². The molecule has 0 amide bonds. The third-order valence-corrected chi connectivity index (χ3v) is 8.04. The van der Waals surface area contributed by atoms with Gasteiger partial charge >= 0.3 is 12.3 Å². The second-order valence-corrected chi connectivity index (χ2v) is 11.4. The number of carbonyl (C=O) groups is 2. The molecule has 4 rings (SSSR count). The molecule has 43 heavy (non-hydrogen) atoms. The van der Waals surface area contributed by atoms with Crippen LogP contribution in [0.1, 0.15) is 47.0 Å². The average Bonchev–Trinajstić information content (AvgIpc) is 3.39. The third-order valence-electron chi connectivity index (χ3n) is 6.28. The fraction of sp³-hybridized carbons (Fsp3) is 0.233. The number of sulfonamides is 1. The first-order chi connectivity index (χ1) is 20.3. The minimum absolute atomic E-state index is 0.00252. The van der Waals surface area contributed by atoms with Crippen LogP contribution in [0.2, 0.25) is 0 Å². The molecule has 13 heteroatoms. The number of aryl methyl sites for hydroxylation is 1. The van der Waals surface area contributed by atoms with Crippen LogP contribution in [0.3, 0.4) is 0 Å². The molecule has 3 aromatic carbocycles. The van der Waals surface area contributed by atoms with E-state index in [1.807, 2.05) is 13.8 Å². The lowest BCUT2D eigenvalue weighted by molar-refractivity contribution is 0.0600. The highest BCUT2D eigenvalue weighted by Gasteiger charge is 2.25. The molecule has 9 nitrogen and oxygen atoms in total. The summed E-state index contributed by atoms with van der Waals surface area (Å²) < 4.78 is 77.9. The van der Waals surface area contributed by atoms with E-state index in [1.54, 1.807) is 43.3 Å². The van der Waals surface area contributed by atoms with Gasteiger partial charge in [0, 0.05) is 18.5 Å². The van der Waals surface area contributed by atoms with Gasteiger partial charge in [0.15, 0.2) is 0 Å². The van der Waals surface area contributed by atoms with E-state index in [-0.39, 0.29) is 23.0 Å². The van der Waals surface area contributed by atoms with E-state index >= 15 is 0 Å². The molecule has 1 heterocycles. The largest absolute Gasteiger partial charge is 0.489 e. The molecule has 0 saturated carbocycles. The van der Waals surface area contributed by atoms with Crippen molar-refractivity contribution < 1.29 is 45.2 Å². The lowest BCUT2D eigenvalue weighted by atomic mass is 10.0. The maximum absolute atomic E-state index is 14.5. The van der Waals surface area contributed by atoms with Crippen molar-refractivity contribution in [3.05, 3.63) is 95.0 Å². The summed E-state index contributed by atoms with van der Waals surface area (Å²) in [5.41, 5.74) is 2.56. The van der Waals surface area contributed by atoms with Crippen molar-refractivity contribution >= 4 is 28.0 Å². The first-order valence-corrected chi connectivity index (χ1v) is 14.2. The van der Waals surface area contributed by atoms with Gasteiger partial charge in [-0.05, 0) is 61.0 Å². The zero-order valence-electron chi connectivity index (χ0n) is 23.9. The van der Waals surface area contributed by atoms with Crippen LogP contribution < -0.4 is 9.04 Å². The summed E-state index contributed by atoms with van der Waals surface area (Å²) in [6.07, 6.45) is -2.83. The highest BCUT2D eigenvalue weighted by atomic mass is 32.2. The Morgan fingerprint density at radius 3 is 2.30 bits per heavy atom. The summed E-state index contributed by atoms with van der Waals surface area (Å²) in [4.78, 5) is 19.9. The van der Waals surface area contributed by atoms with Gasteiger partial charge in [0.2, 0.25) is 0 Å². The number of ether oxygens (including phenoxy) is 2. The number of hydrogen-bond acceptors (Lipinski definition) is 8. The minimum Gasteiger partial charge on any atom is -0.489 e. The summed E-state index contributed by atoms with van der Waals surface area (Å²) in [5, 5.41) is 4.12. The number of benzene rings is 3. The SMILES string of the molecule is COC(=O)c1cccc(S(=O)(=O)N(C)c2ccc(OCc3c(-c4ccccc4F)noc3C(C)C)cc2C)c1.O=C(F)F. The van der Waals surface area contributed by atoms with Crippen LogP contribution in [-0.2, 0) is 21.4 Å². The number of halogens is 3. The second-order valence-electron chi connectivity index (χ2n) is 9.46. The number of carbonyl (C=O) groups excluding carboxylic acids is 2. The molecule has 228 valence electrons. The fourth-order valence-electron chi connectivity index (χ4n) is 4.20. The molecule has 0 spiro atoms. The van der Waals surface area contributed by atoms with Gasteiger partial charge in [-0.2, -0.15) is 0 Å². The van der Waals surface area contributed by atoms with Gasteiger partial charge in [-0.15, -0.1) is 8.78 Å². The Hall–Kier alpha value is -4.65. The van der Waals surface area contributed by atoms with Crippen LogP contribution in [-0.4, -0.2) is 40.0 Å². The number of nitrogens with zero attached hydrogens (tertiary/aromatic N) is 2. The minimum atomic E-state index is -3.97. The van der Waals surface area contributed by atoms with Gasteiger partial charge in [0.05, 0.1) is 28.8 Å². The number of esters is 1. The van der Waals surface area contributed by atoms with Crippen LogP contribution in [0.5, 0.6) is 5.75 Å². The van der Waals surface area contributed by atoms with E-state index in [1.165, 1.54) is 44.5 Å². The maximum atomic E-state index is 14.5. The van der Waals surface area contributed by atoms with E-state index in [0.29, 0.717) is 39.6 Å². The van der Waals surface area contributed by atoms with Crippen molar-refractivity contribution in [2.45, 2.75) is 38.2 Å². The first kappa shape index (κ1) is 32.9. The smallest absolute Gasteiger partial charge is 0.483 e. The van der Waals surface area contributed by atoms with E-state index in [0.717, 1.165) is 4.31 Å². The molecule has 0 atom stereocenters. The number of anilines is 1. The zero-order valence-corrected chi connectivity index (χ0v) is 24.7. The Kier molecular flexibility index (Phi) is 10.7. The molecule has 0 radical (unpaired) electrons. The Balaban J connectivity index is 0.00000119. The molecule has 1 aromatic heterocycles. The number of methoxy groups -OCH3 is 1. The molecule has 4 aromatic rings. The van der Waals surface area contributed by atoms with E-state index in [2.05, 4.69) is 5.16 Å². The van der Waals surface area contributed by atoms with Crippen LogP contribution in [0.25, 0.3) is 11.3 Å². The number of hydrogen-bond donors (Lipinski definition) is 0. The first-order valence-electron chi connectivity index (χ1n) is 12.8. The van der Waals surface area contributed by atoms with Crippen molar-refractivity contribution in [1.82, 2.24) is 5.16 Å².